The summed E-state index contributed by atoms with van der Waals surface area (Å²) in [7, 11) is 1.22. The molecule has 0 fully saturated rings. The fourth-order valence-corrected chi connectivity index (χ4v) is 8.58. The second-order valence-electron chi connectivity index (χ2n) is 6.03. The first-order valence-electron chi connectivity index (χ1n) is 8.60. The maximum absolute atomic E-state index is 5.76. The summed E-state index contributed by atoms with van der Waals surface area (Å²) in [6, 6.07) is 27.6. The number of hydrogen-bond acceptors (Lipinski definition) is 2. The first-order chi connectivity index (χ1) is 12.3. The molecule has 3 heteroatoms. The third kappa shape index (κ3) is 3.03. The zero-order chi connectivity index (χ0) is 17.7. The summed E-state index contributed by atoms with van der Waals surface area (Å²) in [6.07, 6.45) is 1.03. The molecule has 0 unspecified atom stereocenters. The Hall–Kier alpha value is -2.31. The first-order valence-corrected chi connectivity index (χ1v) is 10.8. The third-order valence-corrected chi connectivity index (χ3v) is 9.98. The summed E-state index contributed by atoms with van der Waals surface area (Å²) in [4.78, 5) is 0. The topological polar surface area (TPSA) is 18.5 Å². The molecule has 0 heterocycles. The van der Waals surface area contributed by atoms with Gasteiger partial charge in [-0.05, 0) is 0 Å². The standard InChI is InChI=1S/C22H25O2P/c1-4-25(18-12-6-5-7-13-18,21-16-10-8-14-19(21)23-2)22-17-11-9-15-20(22)24-3/h5-17,25H,4H2,1-3H3. The summed E-state index contributed by atoms with van der Waals surface area (Å²) in [5, 5.41) is 3.94. The van der Waals surface area contributed by atoms with Crippen LogP contribution in [0.2, 0.25) is 0 Å². The molecule has 3 aromatic rings. The quantitative estimate of drug-likeness (QED) is 0.629. The van der Waals surface area contributed by atoms with E-state index in [-0.39, 0.29) is 0 Å². The normalized spacial score (nSPS) is 11.8. The number of para-hydroxylation sites is 2. The molecule has 3 rings (SSSR count). The van der Waals surface area contributed by atoms with Crippen LogP contribution in [-0.2, 0) is 0 Å². The Balaban J connectivity index is 2.40. The number of methoxy groups -OCH3 is 2. The Labute approximate surface area is 150 Å². The van der Waals surface area contributed by atoms with Crippen LogP contribution in [0.3, 0.4) is 0 Å². The van der Waals surface area contributed by atoms with Crippen molar-refractivity contribution in [2.75, 3.05) is 20.4 Å². The summed E-state index contributed by atoms with van der Waals surface area (Å²) < 4.78 is 11.5. The van der Waals surface area contributed by atoms with Crippen molar-refractivity contribution in [1.82, 2.24) is 0 Å². The average Bonchev–Trinajstić information content (AvgIpc) is 2.70. The van der Waals surface area contributed by atoms with E-state index in [1.807, 2.05) is 12.1 Å². The SMILES string of the molecule is CC[PH](c1ccccc1)(c1ccccc1OC)c1ccccc1OC. The number of rotatable bonds is 6. The fourth-order valence-electron chi connectivity index (χ4n) is 3.76. The van der Waals surface area contributed by atoms with Crippen LogP contribution in [0, 0.1) is 0 Å². The molecule has 0 bridgehead atoms. The van der Waals surface area contributed by atoms with E-state index in [2.05, 4.69) is 73.7 Å². The molecular formula is C22H25O2P. The van der Waals surface area contributed by atoms with Gasteiger partial charge < -0.3 is 0 Å². The van der Waals surface area contributed by atoms with Crippen LogP contribution in [-0.4, -0.2) is 20.4 Å². The van der Waals surface area contributed by atoms with Gasteiger partial charge in [0.15, 0.2) is 0 Å². The van der Waals surface area contributed by atoms with Crippen LogP contribution in [0.1, 0.15) is 6.92 Å². The van der Waals surface area contributed by atoms with Crippen molar-refractivity contribution in [1.29, 1.82) is 0 Å². The fraction of sp³-hybridized carbons (Fsp3) is 0.182. The van der Waals surface area contributed by atoms with E-state index in [1.165, 1.54) is 15.9 Å². The van der Waals surface area contributed by atoms with E-state index in [4.69, 9.17) is 9.47 Å². The zero-order valence-electron chi connectivity index (χ0n) is 15.0. The van der Waals surface area contributed by atoms with Gasteiger partial charge in [0.1, 0.15) is 0 Å². The average molecular weight is 352 g/mol. The first kappa shape index (κ1) is 17.5. The Morgan fingerprint density at radius 3 is 1.52 bits per heavy atom. The van der Waals surface area contributed by atoms with Gasteiger partial charge in [0.05, 0.1) is 0 Å². The Kier molecular flexibility index (Phi) is 5.40. The van der Waals surface area contributed by atoms with Gasteiger partial charge in [-0.25, -0.2) is 0 Å². The van der Waals surface area contributed by atoms with Crippen molar-refractivity contribution in [3.05, 3.63) is 78.9 Å². The molecule has 0 spiro atoms. The molecule has 25 heavy (non-hydrogen) atoms. The molecule has 3 aromatic carbocycles. The maximum atomic E-state index is 5.76. The van der Waals surface area contributed by atoms with Crippen LogP contribution in [0.5, 0.6) is 11.5 Å². The second kappa shape index (κ2) is 7.72. The van der Waals surface area contributed by atoms with E-state index in [9.17, 15) is 0 Å². The molecule has 0 saturated carbocycles. The molecule has 0 aromatic heterocycles. The van der Waals surface area contributed by atoms with Crippen LogP contribution < -0.4 is 25.4 Å². The molecule has 0 atom stereocenters. The molecule has 0 radical (unpaired) electrons. The monoisotopic (exact) mass is 352 g/mol. The molecule has 0 N–H and O–H groups in total. The van der Waals surface area contributed by atoms with Crippen LogP contribution in [0.15, 0.2) is 78.9 Å². The van der Waals surface area contributed by atoms with Gasteiger partial charge in [0.25, 0.3) is 0 Å². The van der Waals surface area contributed by atoms with E-state index >= 15 is 0 Å². The van der Waals surface area contributed by atoms with Gasteiger partial charge in [-0.1, -0.05) is 0 Å². The zero-order valence-corrected chi connectivity index (χ0v) is 16.0. The number of ether oxygens (including phenoxy) is 2. The van der Waals surface area contributed by atoms with Crippen molar-refractivity contribution in [2.45, 2.75) is 6.92 Å². The predicted molar refractivity (Wildman–Crippen MR) is 110 cm³/mol. The molecule has 0 aliphatic carbocycles. The Morgan fingerprint density at radius 1 is 0.640 bits per heavy atom. The van der Waals surface area contributed by atoms with Crippen molar-refractivity contribution >= 4 is 23.2 Å². The predicted octanol–water partition coefficient (Wildman–Crippen LogP) is 3.75. The van der Waals surface area contributed by atoms with E-state index in [0.717, 1.165) is 17.7 Å². The number of benzene rings is 3. The van der Waals surface area contributed by atoms with Crippen LogP contribution >= 0.6 is 7.26 Å². The minimum absolute atomic E-state index is 0.950. The second-order valence-corrected chi connectivity index (χ2v) is 10.2. The van der Waals surface area contributed by atoms with E-state index in [1.54, 1.807) is 14.2 Å². The molecular weight excluding hydrogens is 327 g/mol. The molecule has 0 aliphatic heterocycles. The minimum atomic E-state index is -2.28. The van der Waals surface area contributed by atoms with Crippen LogP contribution in [0.25, 0.3) is 0 Å². The summed E-state index contributed by atoms with van der Waals surface area (Å²) in [6.45, 7) is 2.28. The van der Waals surface area contributed by atoms with Crippen molar-refractivity contribution in [3.8, 4) is 11.5 Å². The van der Waals surface area contributed by atoms with E-state index < -0.39 is 7.26 Å². The molecule has 130 valence electrons. The number of hydrogen-bond donors (Lipinski definition) is 0. The van der Waals surface area contributed by atoms with E-state index in [0.29, 0.717) is 0 Å². The van der Waals surface area contributed by atoms with Gasteiger partial charge in [0, 0.05) is 0 Å². The molecule has 0 aliphatic rings. The van der Waals surface area contributed by atoms with Crippen molar-refractivity contribution in [2.24, 2.45) is 0 Å². The van der Waals surface area contributed by atoms with Gasteiger partial charge in [0.2, 0.25) is 0 Å². The molecule has 0 amide bonds. The van der Waals surface area contributed by atoms with Crippen molar-refractivity contribution < 1.29 is 9.47 Å². The van der Waals surface area contributed by atoms with Crippen molar-refractivity contribution in [3.63, 3.8) is 0 Å². The van der Waals surface area contributed by atoms with Gasteiger partial charge in [-0.3, -0.25) is 0 Å². The van der Waals surface area contributed by atoms with Gasteiger partial charge in [-0.2, -0.15) is 0 Å². The van der Waals surface area contributed by atoms with Crippen LogP contribution in [0.4, 0.5) is 0 Å². The van der Waals surface area contributed by atoms with Gasteiger partial charge >= 0.3 is 150 Å². The summed E-state index contributed by atoms with van der Waals surface area (Å²) in [5.41, 5.74) is 0. The Bertz CT molecular complexity index is 783. The molecule has 0 saturated heterocycles. The third-order valence-electron chi connectivity index (χ3n) is 4.93. The molecule has 2 nitrogen and oxygen atoms in total. The summed E-state index contributed by atoms with van der Waals surface area (Å²) >= 11 is 0. The Morgan fingerprint density at radius 2 is 1.08 bits per heavy atom. The van der Waals surface area contributed by atoms with Gasteiger partial charge in [-0.15, -0.1) is 0 Å². The summed E-state index contributed by atoms with van der Waals surface area (Å²) in [5.74, 6) is 1.90.